The fraction of sp³-hybridized carbons (Fsp3) is 0.214. The number of hydrogen-bond acceptors (Lipinski definition) is 4. The van der Waals surface area contributed by atoms with Crippen molar-refractivity contribution in [2.24, 2.45) is 0 Å². The Balaban J connectivity index is 3.11. The average Bonchev–Trinajstić information content (AvgIpc) is 2.34. The Morgan fingerprint density at radius 1 is 1.21 bits per heavy atom. The molecule has 1 aromatic carbocycles. The summed E-state index contributed by atoms with van der Waals surface area (Å²) in [4.78, 5) is 33.8. The monoisotopic (exact) mass is 261 g/mol. The van der Waals surface area contributed by atoms with Crippen molar-refractivity contribution in [3.63, 3.8) is 0 Å². The largest absolute Gasteiger partial charge is 0.465 e. The van der Waals surface area contributed by atoms with Crippen molar-refractivity contribution >= 4 is 29.4 Å². The number of Topliss-reactive ketones (excluding diaryl/α,β-unsaturated/α-hetero) is 1. The van der Waals surface area contributed by atoms with Crippen LogP contribution in [0.15, 0.2) is 29.8 Å². The molecular formula is C14H15NO4. The van der Waals surface area contributed by atoms with Crippen LogP contribution in [0.5, 0.6) is 0 Å². The molecule has 0 atom stereocenters. The first-order valence-corrected chi connectivity index (χ1v) is 5.62. The number of esters is 1. The van der Waals surface area contributed by atoms with Gasteiger partial charge in [0.1, 0.15) is 5.57 Å². The highest BCUT2D eigenvalue weighted by Gasteiger charge is 2.14. The Kier molecular flexibility index (Phi) is 5.00. The highest BCUT2D eigenvalue weighted by Crippen LogP contribution is 2.15. The van der Waals surface area contributed by atoms with Gasteiger partial charge in [-0.15, -0.1) is 0 Å². The predicted octanol–water partition coefficient (Wildman–Crippen LogP) is 1.79. The van der Waals surface area contributed by atoms with Crippen molar-refractivity contribution in [3.8, 4) is 0 Å². The van der Waals surface area contributed by atoms with Gasteiger partial charge in [0, 0.05) is 12.6 Å². The quantitative estimate of drug-likeness (QED) is 0.388. The van der Waals surface area contributed by atoms with Crippen molar-refractivity contribution in [2.75, 3.05) is 12.4 Å². The molecule has 0 unspecified atom stereocenters. The van der Waals surface area contributed by atoms with Gasteiger partial charge in [0.2, 0.25) is 5.91 Å². The zero-order valence-electron chi connectivity index (χ0n) is 11.0. The lowest BCUT2D eigenvalue weighted by Gasteiger charge is -2.04. The van der Waals surface area contributed by atoms with E-state index in [4.69, 9.17) is 0 Å². The van der Waals surface area contributed by atoms with E-state index in [1.807, 2.05) is 0 Å². The molecule has 0 spiro atoms. The second-order valence-electron chi connectivity index (χ2n) is 3.91. The normalized spacial score (nSPS) is 10.8. The van der Waals surface area contributed by atoms with Crippen LogP contribution in [0.2, 0.25) is 0 Å². The molecular weight excluding hydrogens is 246 g/mol. The number of nitrogens with one attached hydrogen (secondary N) is 1. The van der Waals surface area contributed by atoms with Gasteiger partial charge < -0.3 is 10.1 Å². The minimum absolute atomic E-state index is 0.0394. The third kappa shape index (κ3) is 4.39. The van der Waals surface area contributed by atoms with Crippen LogP contribution in [0.25, 0.3) is 6.08 Å². The summed E-state index contributed by atoms with van der Waals surface area (Å²) >= 11 is 0. The number of carbonyl (C=O) groups is 3. The number of amides is 1. The van der Waals surface area contributed by atoms with Crippen LogP contribution < -0.4 is 5.32 Å². The molecule has 0 aromatic heterocycles. The first-order valence-electron chi connectivity index (χ1n) is 5.62. The lowest BCUT2D eigenvalue weighted by atomic mass is 10.1. The highest BCUT2D eigenvalue weighted by molar-refractivity contribution is 6.19. The zero-order valence-corrected chi connectivity index (χ0v) is 11.0. The minimum atomic E-state index is -0.683. The molecule has 1 aromatic rings. The lowest BCUT2D eigenvalue weighted by molar-refractivity contribution is -0.137. The van der Waals surface area contributed by atoms with Crippen molar-refractivity contribution in [1.82, 2.24) is 0 Å². The molecule has 1 amide bonds. The van der Waals surface area contributed by atoms with Gasteiger partial charge >= 0.3 is 5.97 Å². The fourth-order valence-electron chi connectivity index (χ4n) is 1.49. The van der Waals surface area contributed by atoms with Crippen LogP contribution in [-0.2, 0) is 19.1 Å². The summed E-state index contributed by atoms with van der Waals surface area (Å²) in [5.74, 6) is -1.25. The molecule has 19 heavy (non-hydrogen) atoms. The van der Waals surface area contributed by atoms with E-state index in [1.54, 1.807) is 24.3 Å². The topological polar surface area (TPSA) is 72.5 Å². The summed E-state index contributed by atoms with van der Waals surface area (Å²) in [6, 6.07) is 6.81. The minimum Gasteiger partial charge on any atom is -0.465 e. The van der Waals surface area contributed by atoms with E-state index in [2.05, 4.69) is 10.1 Å². The molecule has 1 N–H and O–H groups in total. The number of methoxy groups -OCH3 is 1. The molecule has 5 nitrogen and oxygen atoms in total. The van der Waals surface area contributed by atoms with Crippen LogP contribution in [0.3, 0.4) is 0 Å². The predicted molar refractivity (Wildman–Crippen MR) is 71.4 cm³/mol. The Morgan fingerprint density at radius 2 is 1.89 bits per heavy atom. The first-order chi connectivity index (χ1) is 8.93. The van der Waals surface area contributed by atoms with E-state index in [0.29, 0.717) is 11.3 Å². The maximum absolute atomic E-state index is 11.4. The van der Waals surface area contributed by atoms with Gasteiger partial charge in [-0.3, -0.25) is 9.59 Å². The Labute approximate surface area is 111 Å². The molecule has 0 saturated heterocycles. The smallest absolute Gasteiger partial charge is 0.341 e. The maximum atomic E-state index is 11.4. The zero-order chi connectivity index (χ0) is 14.4. The van der Waals surface area contributed by atoms with Crippen LogP contribution in [0.4, 0.5) is 5.69 Å². The van der Waals surface area contributed by atoms with E-state index < -0.39 is 5.97 Å². The second-order valence-corrected chi connectivity index (χ2v) is 3.91. The summed E-state index contributed by atoms with van der Waals surface area (Å²) in [5, 5.41) is 2.62. The summed E-state index contributed by atoms with van der Waals surface area (Å²) in [6.07, 6.45) is 1.43. The molecule has 1 rings (SSSR count). The number of ether oxygens (including phenoxy) is 1. The molecule has 100 valence electrons. The van der Waals surface area contributed by atoms with Crippen molar-refractivity contribution < 1.29 is 19.1 Å². The van der Waals surface area contributed by atoms with Crippen LogP contribution in [0.1, 0.15) is 19.4 Å². The third-order valence-electron chi connectivity index (χ3n) is 2.30. The fourth-order valence-corrected chi connectivity index (χ4v) is 1.49. The van der Waals surface area contributed by atoms with Gasteiger partial charge in [0.25, 0.3) is 0 Å². The maximum Gasteiger partial charge on any atom is 0.341 e. The van der Waals surface area contributed by atoms with Crippen molar-refractivity contribution in [3.05, 3.63) is 35.4 Å². The van der Waals surface area contributed by atoms with Crippen LogP contribution >= 0.6 is 0 Å². The number of carbonyl (C=O) groups excluding carboxylic acids is 3. The standard InChI is InChI=1S/C14H15NO4/c1-9(16)13(14(18)19-3)8-11-5-4-6-12(7-11)15-10(2)17/h4-8H,1-3H3,(H,15,17). The number of hydrogen-bond donors (Lipinski definition) is 1. The summed E-state index contributed by atoms with van der Waals surface area (Å²) in [6.45, 7) is 2.69. The molecule has 0 aliphatic heterocycles. The van der Waals surface area contributed by atoms with Crippen molar-refractivity contribution in [1.29, 1.82) is 0 Å². The molecule has 0 fully saturated rings. The van der Waals surface area contributed by atoms with E-state index in [1.165, 1.54) is 27.0 Å². The number of rotatable bonds is 4. The van der Waals surface area contributed by atoms with Gasteiger partial charge in [-0.25, -0.2) is 4.79 Å². The third-order valence-corrected chi connectivity index (χ3v) is 2.30. The number of benzene rings is 1. The average molecular weight is 261 g/mol. The molecule has 0 aliphatic carbocycles. The van der Waals surface area contributed by atoms with Crippen molar-refractivity contribution in [2.45, 2.75) is 13.8 Å². The molecule has 0 aliphatic rings. The van der Waals surface area contributed by atoms with Crippen LogP contribution in [0, 0.1) is 0 Å². The first kappa shape index (κ1) is 14.6. The Hall–Kier alpha value is -2.43. The lowest BCUT2D eigenvalue weighted by Crippen LogP contribution is -2.11. The van der Waals surface area contributed by atoms with E-state index in [0.717, 1.165) is 0 Å². The molecule has 0 bridgehead atoms. The Bertz CT molecular complexity index is 546. The summed E-state index contributed by atoms with van der Waals surface area (Å²) in [5.41, 5.74) is 1.18. The van der Waals surface area contributed by atoms with Gasteiger partial charge in [-0.05, 0) is 30.7 Å². The molecule has 0 radical (unpaired) electrons. The van der Waals surface area contributed by atoms with Gasteiger partial charge in [-0.1, -0.05) is 12.1 Å². The second kappa shape index (κ2) is 6.49. The van der Waals surface area contributed by atoms with E-state index >= 15 is 0 Å². The molecule has 5 heteroatoms. The molecule has 0 heterocycles. The van der Waals surface area contributed by atoms with Gasteiger partial charge in [0.05, 0.1) is 7.11 Å². The van der Waals surface area contributed by atoms with E-state index in [-0.39, 0.29) is 17.3 Å². The number of anilines is 1. The Morgan fingerprint density at radius 3 is 2.42 bits per heavy atom. The van der Waals surface area contributed by atoms with Gasteiger partial charge in [-0.2, -0.15) is 0 Å². The summed E-state index contributed by atoms with van der Waals surface area (Å²) in [7, 11) is 1.22. The summed E-state index contributed by atoms with van der Waals surface area (Å²) < 4.78 is 4.54. The van der Waals surface area contributed by atoms with Crippen LogP contribution in [-0.4, -0.2) is 24.8 Å². The SMILES string of the molecule is COC(=O)C(=Cc1cccc(NC(C)=O)c1)C(C)=O. The number of ketones is 1. The highest BCUT2D eigenvalue weighted by atomic mass is 16.5. The molecule has 0 saturated carbocycles. The van der Waals surface area contributed by atoms with Gasteiger partial charge in [0.15, 0.2) is 5.78 Å². The van der Waals surface area contributed by atoms with E-state index in [9.17, 15) is 14.4 Å².